The van der Waals surface area contributed by atoms with Crippen LogP contribution in [0.4, 0.5) is 5.69 Å². The molecule has 2 aromatic heterocycles. The fourth-order valence-electron chi connectivity index (χ4n) is 2.99. The summed E-state index contributed by atoms with van der Waals surface area (Å²) in [5.41, 5.74) is 2.86. The zero-order valence-corrected chi connectivity index (χ0v) is 15.8. The third-order valence-corrected chi connectivity index (χ3v) is 5.33. The molecule has 7 heteroatoms. The van der Waals surface area contributed by atoms with Gasteiger partial charge in [0.1, 0.15) is 12.4 Å². The maximum Gasteiger partial charge on any atom is 0.276 e. The van der Waals surface area contributed by atoms with Gasteiger partial charge in [-0.3, -0.25) is 9.89 Å². The highest BCUT2D eigenvalue weighted by molar-refractivity contribution is 7.13. The zero-order chi connectivity index (χ0) is 18.6. The van der Waals surface area contributed by atoms with Crippen LogP contribution in [0.1, 0.15) is 28.9 Å². The van der Waals surface area contributed by atoms with Gasteiger partial charge in [-0.15, -0.1) is 11.3 Å². The number of ether oxygens (including phenoxy) is 2. The van der Waals surface area contributed by atoms with Gasteiger partial charge in [-0.2, -0.15) is 5.10 Å². The predicted molar refractivity (Wildman–Crippen MR) is 106 cm³/mol. The number of hydrogen-bond acceptors (Lipinski definition) is 5. The Bertz CT molecular complexity index is 914. The molecule has 1 aromatic carbocycles. The van der Waals surface area contributed by atoms with Crippen molar-refractivity contribution in [1.29, 1.82) is 0 Å². The standard InChI is InChI=1S/C20H21N3O3S/c1-13-6-7-15(18(10-13)26-12-14-4-2-8-25-14)21-20(24)17-11-16(22-23-17)19-5-3-9-27-19/h3,5-7,9-11,14H,2,4,8,12H2,1H3,(H,21,24)(H,22,23). The number of anilines is 1. The number of aryl methyl sites for hydroxylation is 1. The normalized spacial score (nSPS) is 16.4. The Morgan fingerprint density at radius 3 is 3.11 bits per heavy atom. The molecule has 140 valence electrons. The summed E-state index contributed by atoms with van der Waals surface area (Å²) in [6, 6.07) is 11.4. The first kappa shape index (κ1) is 17.8. The molecule has 1 unspecified atom stereocenters. The average Bonchev–Trinajstić information content (AvgIpc) is 3.42. The fraction of sp³-hybridized carbons (Fsp3) is 0.300. The SMILES string of the molecule is Cc1ccc(NC(=O)c2cc(-c3cccs3)[nH]n2)c(OCC2CCCO2)c1. The van der Waals surface area contributed by atoms with Crippen molar-refractivity contribution in [3.63, 3.8) is 0 Å². The van der Waals surface area contributed by atoms with Crippen LogP contribution in [0.2, 0.25) is 0 Å². The molecule has 4 rings (SSSR count). The number of carbonyl (C=O) groups excluding carboxylic acids is 1. The quantitative estimate of drug-likeness (QED) is 0.667. The summed E-state index contributed by atoms with van der Waals surface area (Å²) in [4.78, 5) is 13.7. The molecule has 1 amide bonds. The van der Waals surface area contributed by atoms with Gasteiger partial charge >= 0.3 is 0 Å². The highest BCUT2D eigenvalue weighted by Crippen LogP contribution is 2.28. The fourth-order valence-corrected chi connectivity index (χ4v) is 3.69. The Morgan fingerprint density at radius 2 is 2.33 bits per heavy atom. The number of hydrogen-bond donors (Lipinski definition) is 2. The lowest BCUT2D eigenvalue weighted by Gasteiger charge is -2.15. The van der Waals surface area contributed by atoms with Crippen molar-refractivity contribution in [3.05, 3.63) is 53.0 Å². The first-order valence-corrected chi connectivity index (χ1v) is 9.83. The molecule has 0 bridgehead atoms. The topological polar surface area (TPSA) is 76.2 Å². The van der Waals surface area contributed by atoms with E-state index in [9.17, 15) is 4.79 Å². The lowest BCUT2D eigenvalue weighted by Crippen LogP contribution is -2.18. The van der Waals surface area contributed by atoms with Crippen LogP contribution in [-0.4, -0.2) is 35.4 Å². The van der Waals surface area contributed by atoms with E-state index < -0.39 is 0 Å². The third kappa shape index (κ3) is 4.20. The van der Waals surface area contributed by atoms with Crippen molar-refractivity contribution in [2.75, 3.05) is 18.5 Å². The summed E-state index contributed by atoms with van der Waals surface area (Å²) in [6.07, 6.45) is 2.19. The van der Waals surface area contributed by atoms with E-state index in [1.54, 1.807) is 17.4 Å². The summed E-state index contributed by atoms with van der Waals surface area (Å²) in [7, 11) is 0. The molecule has 2 N–H and O–H groups in total. The average molecular weight is 383 g/mol. The van der Waals surface area contributed by atoms with Gasteiger partial charge in [0.15, 0.2) is 5.69 Å². The third-order valence-electron chi connectivity index (χ3n) is 4.43. The molecule has 1 aliphatic rings. The molecule has 0 saturated carbocycles. The molecule has 1 saturated heterocycles. The first-order valence-electron chi connectivity index (χ1n) is 8.95. The molecular formula is C20H21N3O3S. The number of carbonyl (C=O) groups is 1. The molecule has 3 aromatic rings. The monoisotopic (exact) mass is 383 g/mol. The Labute approximate surface area is 161 Å². The Hall–Kier alpha value is -2.64. The number of thiophene rings is 1. The first-order chi connectivity index (χ1) is 13.2. The van der Waals surface area contributed by atoms with Gasteiger partial charge in [0.25, 0.3) is 5.91 Å². The Morgan fingerprint density at radius 1 is 1.41 bits per heavy atom. The van der Waals surface area contributed by atoms with Crippen LogP contribution < -0.4 is 10.1 Å². The smallest absolute Gasteiger partial charge is 0.276 e. The number of nitrogens with one attached hydrogen (secondary N) is 2. The molecule has 1 fully saturated rings. The predicted octanol–water partition coefficient (Wildman–Crippen LogP) is 4.26. The molecule has 6 nitrogen and oxygen atoms in total. The van der Waals surface area contributed by atoms with Crippen LogP contribution in [-0.2, 0) is 4.74 Å². The van der Waals surface area contributed by atoms with E-state index in [4.69, 9.17) is 9.47 Å². The number of nitrogens with zero attached hydrogens (tertiary/aromatic N) is 1. The molecular weight excluding hydrogens is 362 g/mol. The van der Waals surface area contributed by atoms with Crippen LogP contribution in [0.3, 0.4) is 0 Å². The summed E-state index contributed by atoms with van der Waals surface area (Å²) in [6.45, 7) is 3.26. The van der Waals surface area contributed by atoms with Crippen LogP contribution in [0.5, 0.6) is 5.75 Å². The van der Waals surface area contributed by atoms with Gasteiger partial charge in [-0.05, 0) is 55.0 Å². The summed E-state index contributed by atoms with van der Waals surface area (Å²) >= 11 is 1.59. The molecule has 1 aliphatic heterocycles. The molecule has 0 radical (unpaired) electrons. The number of amides is 1. The maximum absolute atomic E-state index is 12.6. The number of aromatic nitrogens is 2. The minimum absolute atomic E-state index is 0.119. The second-order valence-electron chi connectivity index (χ2n) is 6.54. The van der Waals surface area contributed by atoms with Gasteiger partial charge in [0.2, 0.25) is 0 Å². The minimum Gasteiger partial charge on any atom is -0.489 e. The Balaban J connectivity index is 1.47. The van der Waals surface area contributed by atoms with E-state index >= 15 is 0 Å². The van der Waals surface area contributed by atoms with Crippen molar-refractivity contribution in [2.45, 2.75) is 25.9 Å². The van der Waals surface area contributed by atoms with Gasteiger partial charge in [0, 0.05) is 6.61 Å². The number of aromatic amines is 1. The highest BCUT2D eigenvalue weighted by Gasteiger charge is 2.18. The number of rotatable bonds is 6. The highest BCUT2D eigenvalue weighted by atomic mass is 32.1. The van der Waals surface area contributed by atoms with Crippen molar-refractivity contribution in [2.24, 2.45) is 0 Å². The van der Waals surface area contributed by atoms with Crippen molar-refractivity contribution in [1.82, 2.24) is 10.2 Å². The van der Waals surface area contributed by atoms with Gasteiger partial charge in [0.05, 0.1) is 22.4 Å². The summed E-state index contributed by atoms with van der Waals surface area (Å²) in [5, 5.41) is 11.9. The minimum atomic E-state index is -0.278. The van der Waals surface area contributed by atoms with Crippen LogP contribution in [0, 0.1) is 6.92 Å². The van der Waals surface area contributed by atoms with Crippen molar-refractivity contribution in [3.8, 4) is 16.3 Å². The molecule has 1 atom stereocenters. The van der Waals surface area contributed by atoms with E-state index in [1.807, 2.05) is 42.6 Å². The van der Waals surface area contributed by atoms with Crippen LogP contribution >= 0.6 is 11.3 Å². The summed E-state index contributed by atoms with van der Waals surface area (Å²) in [5.74, 6) is 0.368. The van der Waals surface area contributed by atoms with E-state index in [1.165, 1.54) is 0 Å². The van der Waals surface area contributed by atoms with E-state index in [-0.39, 0.29) is 12.0 Å². The second kappa shape index (κ2) is 7.94. The van der Waals surface area contributed by atoms with E-state index in [0.29, 0.717) is 23.7 Å². The molecule has 0 aliphatic carbocycles. The zero-order valence-electron chi connectivity index (χ0n) is 15.0. The van der Waals surface area contributed by atoms with Crippen LogP contribution in [0.25, 0.3) is 10.6 Å². The van der Waals surface area contributed by atoms with E-state index in [0.717, 1.165) is 35.6 Å². The van der Waals surface area contributed by atoms with Gasteiger partial charge in [-0.1, -0.05) is 12.1 Å². The van der Waals surface area contributed by atoms with E-state index in [2.05, 4.69) is 15.5 Å². The largest absolute Gasteiger partial charge is 0.489 e. The lowest BCUT2D eigenvalue weighted by molar-refractivity contribution is 0.0681. The second-order valence-corrected chi connectivity index (χ2v) is 7.49. The van der Waals surface area contributed by atoms with Crippen molar-refractivity contribution < 1.29 is 14.3 Å². The van der Waals surface area contributed by atoms with Gasteiger partial charge in [-0.25, -0.2) is 0 Å². The van der Waals surface area contributed by atoms with Crippen molar-refractivity contribution >= 4 is 22.9 Å². The molecule has 27 heavy (non-hydrogen) atoms. The number of H-pyrrole nitrogens is 1. The Kier molecular flexibility index (Phi) is 5.22. The molecule has 3 heterocycles. The molecule has 0 spiro atoms. The van der Waals surface area contributed by atoms with Crippen LogP contribution in [0.15, 0.2) is 41.8 Å². The van der Waals surface area contributed by atoms with Gasteiger partial charge < -0.3 is 14.8 Å². The maximum atomic E-state index is 12.6. The lowest BCUT2D eigenvalue weighted by atomic mass is 10.2. The summed E-state index contributed by atoms with van der Waals surface area (Å²) < 4.78 is 11.5. The number of benzene rings is 1.